The van der Waals surface area contributed by atoms with E-state index in [1.165, 1.54) is 0 Å². The predicted octanol–water partition coefficient (Wildman–Crippen LogP) is -0.898. The molecule has 0 bridgehead atoms. The molecule has 3 N–H and O–H groups in total. The summed E-state index contributed by atoms with van der Waals surface area (Å²) in [7, 11) is -4.84. The lowest BCUT2D eigenvalue weighted by molar-refractivity contribution is -0.217. The van der Waals surface area contributed by atoms with Gasteiger partial charge in [-0.05, 0) is 0 Å². The molecular formula is C4H7O7P. The minimum atomic E-state index is -4.84. The minimum absolute atomic E-state index is 0.372. The van der Waals surface area contributed by atoms with Crippen molar-refractivity contribution in [1.82, 2.24) is 0 Å². The zero-order valence-electron chi connectivity index (χ0n) is 5.84. The molecule has 0 aliphatic rings. The Morgan fingerprint density at radius 2 is 2.00 bits per heavy atom. The summed E-state index contributed by atoms with van der Waals surface area (Å²) < 4.78 is 13.3. The van der Waals surface area contributed by atoms with Gasteiger partial charge in [-0.25, -0.2) is 9.36 Å². The van der Waals surface area contributed by atoms with Gasteiger partial charge in [0, 0.05) is 0 Å². The highest BCUT2D eigenvalue weighted by Gasteiger charge is 2.19. The van der Waals surface area contributed by atoms with E-state index < -0.39 is 20.4 Å². The Balaban J connectivity index is 3.89. The Labute approximate surface area is 67.4 Å². The molecule has 0 aromatic carbocycles. The second-order valence-electron chi connectivity index (χ2n) is 1.70. The third-order valence-electron chi connectivity index (χ3n) is 0.690. The molecule has 12 heavy (non-hydrogen) atoms. The molecule has 8 heteroatoms. The predicted molar refractivity (Wildman–Crippen MR) is 35.4 cm³/mol. The van der Waals surface area contributed by atoms with Crippen LogP contribution in [0.4, 0.5) is 0 Å². The second kappa shape index (κ2) is 4.34. The molecule has 0 aliphatic heterocycles. The molecule has 0 amide bonds. The third kappa shape index (κ3) is 5.00. The maximum absolute atomic E-state index is 10.5. The van der Waals surface area contributed by atoms with Gasteiger partial charge in [0.15, 0.2) is 0 Å². The maximum Gasteiger partial charge on any atom is 0.505 e. The van der Waals surface area contributed by atoms with Gasteiger partial charge < -0.3 is 14.9 Å². The molecule has 0 unspecified atom stereocenters. The Hall–Kier alpha value is -0.720. The number of aliphatic hydroxyl groups is 1. The van der Waals surface area contributed by atoms with Crippen molar-refractivity contribution < 1.29 is 33.8 Å². The second-order valence-corrected chi connectivity index (χ2v) is 2.83. The molecule has 0 saturated carbocycles. The summed E-state index contributed by atoms with van der Waals surface area (Å²) in [4.78, 5) is 30.1. The van der Waals surface area contributed by atoms with Crippen LogP contribution in [0.15, 0.2) is 12.2 Å². The first-order chi connectivity index (χ1) is 5.37. The van der Waals surface area contributed by atoms with Gasteiger partial charge in [-0.15, -0.1) is 0 Å². The maximum atomic E-state index is 10.5. The van der Waals surface area contributed by atoms with Crippen molar-refractivity contribution in [2.24, 2.45) is 0 Å². The lowest BCUT2D eigenvalue weighted by Crippen LogP contribution is -2.09. The molecule has 70 valence electrons. The smallest absolute Gasteiger partial charge is 0.391 e. The van der Waals surface area contributed by atoms with Crippen molar-refractivity contribution in [3.63, 3.8) is 0 Å². The van der Waals surface area contributed by atoms with Crippen LogP contribution in [-0.4, -0.2) is 27.5 Å². The summed E-state index contributed by atoms with van der Waals surface area (Å²) in [6.45, 7) is 2.34. The summed E-state index contributed by atoms with van der Waals surface area (Å²) in [6, 6.07) is 0. The van der Waals surface area contributed by atoms with E-state index in [0.29, 0.717) is 0 Å². The van der Waals surface area contributed by atoms with Crippen LogP contribution >= 0.6 is 7.82 Å². The van der Waals surface area contributed by atoms with E-state index in [4.69, 9.17) is 14.9 Å². The highest BCUT2D eigenvalue weighted by molar-refractivity contribution is 7.46. The summed E-state index contributed by atoms with van der Waals surface area (Å²) >= 11 is 0. The molecule has 0 spiro atoms. The van der Waals surface area contributed by atoms with Gasteiger partial charge >= 0.3 is 13.8 Å². The standard InChI is InChI=1S/C4H7O7P/c1-3(2-5)4(6)10-11-12(7,8)9/h5H,1-2H2,(H2,7,8,9). The number of rotatable bonds is 4. The van der Waals surface area contributed by atoms with Crippen molar-refractivity contribution >= 4 is 13.8 Å². The van der Waals surface area contributed by atoms with Crippen molar-refractivity contribution in [3.05, 3.63) is 12.2 Å². The van der Waals surface area contributed by atoms with Crippen molar-refractivity contribution in [3.8, 4) is 0 Å². The monoisotopic (exact) mass is 198 g/mol. The van der Waals surface area contributed by atoms with Gasteiger partial charge in [0.1, 0.15) is 0 Å². The summed E-state index contributed by atoms with van der Waals surface area (Å²) in [5.74, 6) is -1.24. The highest BCUT2D eigenvalue weighted by atomic mass is 31.2. The lowest BCUT2D eigenvalue weighted by atomic mass is 10.3. The normalized spacial score (nSPS) is 10.9. The van der Waals surface area contributed by atoms with Crippen LogP contribution in [0.2, 0.25) is 0 Å². The molecule has 0 rings (SSSR count). The highest BCUT2D eigenvalue weighted by Crippen LogP contribution is 2.36. The van der Waals surface area contributed by atoms with Crippen molar-refractivity contribution in [1.29, 1.82) is 0 Å². The fourth-order valence-electron chi connectivity index (χ4n) is 0.206. The van der Waals surface area contributed by atoms with Gasteiger partial charge in [0.2, 0.25) is 0 Å². The van der Waals surface area contributed by atoms with Crippen LogP contribution in [-0.2, 0) is 18.9 Å². The van der Waals surface area contributed by atoms with E-state index in [2.05, 4.69) is 16.1 Å². The molecule has 0 radical (unpaired) electrons. The average molecular weight is 198 g/mol. The topological polar surface area (TPSA) is 113 Å². The molecule has 0 atom stereocenters. The summed E-state index contributed by atoms with van der Waals surface area (Å²) in [6.07, 6.45) is 0. The quantitative estimate of drug-likeness (QED) is 0.232. The number of phosphoric acid groups is 1. The van der Waals surface area contributed by atoms with E-state index >= 15 is 0 Å². The number of hydrogen-bond donors (Lipinski definition) is 3. The number of carbonyl (C=O) groups is 1. The van der Waals surface area contributed by atoms with Gasteiger partial charge in [0.05, 0.1) is 12.2 Å². The van der Waals surface area contributed by atoms with Gasteiger partial charge in [-0.1, -0.05) is 11.3 Å². The number of carbonyl (C=O) groups excluding carboxylic acids is 1. The Kier molecular flexibility index (Phi) is 4.08. The molecule has 0 aliphatic carbocycles. The first-order valence-electron chi connectivity index (χ1n) is 2.61. The van der Waals surface area contributed by atoms with Gasteiger partial charge in [0.25, 0.3) is 0 Å². The molecule has 0 saturated heterocycles. The van der Waals surface area contributed by atoms with Crippen molar-refractivity contribution in [2.45, 2.75) is 0 Å². The first kappa shape index (κ1) is 11.3. The summed E-state index contributed by atoms with van der Waals surface area (Å²) in [5.41, 5.74) is -0.372. The zero-order valence-corrected chi connectivity index (χ0v) is 6.73. The molecule has 0 heterocycles. The zero-order chi connectivity index (χ0) is 9.78. The molecule has 0 aromatic heterocycles. The molecule has 0 fully saturated rings. The van der Waals surface area contributed by atoms with E-state index in [0.717, 1.165) is 0 Å². The van der Waals surface area contributed by atoms with E-state index in [1.807, 2.05) is 0 Å². The fourth-order valence-corrected chi connectivity index (χ4v) is 0.371. The van der Waals surface area contributed by atoms with E-state index in [-0.39, 0.29) is 5.57 Å². The Bertz CT molecular complexity index is 228. The number of hydrogen-bond acceptors (Lipinski definition) is 5. The summed E-state index contributed by atoms with van der Waals surface area (Å²) in [5, 5.41) is 8.28. The SMILES string of the molecule is C=C(CO)C(=O)OOP(=O)(O)O. The third-order valence-corrected chi connectivity index (χ3v) is 0.958. The van der Waals surface area contributed by atoms with Crippen molar-refractivity contribution in [2.75, 3.05) is 6.61 Å². The molecule has 7 nitrogen and oxygen atoms in total. The Morgan fingerprint density at radius 3 is 2.33 bits per heavy atom. The minimum Gasteiger partial charge on any atom is -0.391 e. The fraction of sp³-hybridized carbons (Fsp3) is 0.250. The average Bonchev–Trinajstić information content (AvgIpc) is 1.97. The van der Waals surface area contributed by atoms with Gasteiger partial charge in [-0.2, -0.15) is 0 Å². The van der Waals surface area contributed by atoms with E-state index in [9.17, 15) is 9.36 Å². The van der Waals surface area contributed by atoms with Crippen LogP contribution in [0.25, 0.3) is 0 Å². The van der Waals surface area contributed by atoms with Crippen LogP contribution in [0, 0.1) is 0 Å². The van der Waals surface area contributed by atoms with E-state index in [1.54, 1.807) is 0 Å². The lowest BCUT2D eigenvalue weighted by Gasteiger charge is -2.03. The Morgan fingerprint density at radius 1 is 1.50 bits per heavy atom. The van der Waals surface area contributed by atoms with Crippen LogP contribution < -0.4 is 0 Å². The van der Waals surface area contributed by atoms with Gasteiger partial charge in [-0.3, -0.25) is 4.89 Å². The molecular weight excluding hydrogens is 191 g/mol. The first-order valence-corrected chi connectivity index (χ1v) is 4.14. The number of aliphatic hydroxyl groups excluding tert-OH is 1. The van der Waals surface area contributed by atoms with Crippen LogP contribution in [0.5, 0.6) is 0 Å². The van der Waals surface area contributed by atoms with Crippen LogP contribution in [0.3, 0.4) is 0 Å². The molecule has 0 aromatic rings. The largest absolute Gasteiger partial charge is 0.505 e. The van der Waals surface area contributed by atoms with Crippen LogP contribution in [0.1, 0.15) is 0 Å².